The number of hydrogen-bond donors (Lipinski definition) is 0. The van der Waals surface area contributed by atoms with E-state index < -0.39 is 20.0 Å². The molecule has 0 aromatic rings. The third-order valence-corrected chi connectivity index (χ3v) is 4.73. The van der Waals surface area contributed by atoms with Gasteiger partial charge in [0, 0.05) is 0 Å². The van der Waals surface area contributed by atoms with Crippen molar-refractivity contribution in [2.24, 2.45) is 0 Å². The molecule has 0 aromatic carbocycles. The molecular weight excluding hydrogens is 164 g/mol. The SMILES string of the molecule is CC1O[SiH2]O[SiH2]OC1(C)C. The fourth-order valence-electron chi connectivity index (χ4n) is 0.696. The second-order valence-corrected chi connectivity index (χ2v) is 5.72. The first-order valence-electron chi connectivity index (χ1n) is 3.46. The van der Waals surface area contributed by atoms with Gasteiger partial charge in [-0.05, 0) is 20.8 Å². The Balaban J connectivity index is 2.52. The summed E-state index contributed by atoms with van der Waals surface area (Å²) < 4.78 is 16.2. The van der Waals surface area contributed by atoms with E-state index in [1.54, 1.807) is 0 Å². The highest BCUT2D eigenvalue weighted by Gasteiger charge is 2.29. The lowest BCUT2D eigenvalue weighted by molar-refractivity contribution is 0.00635. The van der Waals surface area contributed by atoms with Gasteiger partial charge >= 0.3 is 0 Å². The maximum Gasteiger partial charge on any atom is 0.295 e. The molecule has 3 nitrogen and oxygen atoms in total. The zero-order chi connectivity index (χ0) is 7.61. The van der Waals surface area contributed by atoms with Crippen molar-refractivity contribution in [1.29, 1.82) is 0 Å². The molecule has 0 N–H and O–H groups in total. The van der Waals surface area contributed by atoms with Crippen LogP contribution in [0.3, 0.4) is 0 Å². The molecule has 0 bridgehead atoms. The van der Waals surface area contributed by atoms with Gasteiger partial charge in [-0.1, -0.05) is 0 Å². The van der Waals surface area contributed by atoms with E-state index >= 15 is 0 Å². The molecule has 1 heterocycles. The second kappa shape index (κ2) is 3.14. The molecule has 10 heavy (non-hydrogen) atoms. The van der Waals surface area contributed by atoms with E-state index in [2.05, 4.69) is 0 Å². The van der Waals surface area contributed by atoms with Gasteiger partial charge in [0.25, 0.3) is 20.0 Å². The number of rotatable bonds is 0. The van der Waals surface area contributed by atoms with Crippen molar-refractivity contribution in [3.8, 4) is 0 Å². The molecule has 5 heteroatoms. The molecule has 0 saturated carbocycles. The zero-order valence-electron chi connectivity index (χ0n) is 6.72. The van der Waals surface area contributed by atoms with E-state index in [-0.39, 0.29) is 11.7 Å². The minimum Gasteiger partial charge on any atom is -0.424 e. The lowest BCUT2D eigenvalue weighted by atomic mass is 10.0. The van der Waals surface area contributed by atoms with E-state index in [1.807, 2.05) is 20.8 Å². The Hall–Kier alpha value is 0.314. The zero-order valence-corrected chi connectivity index (χ0v) is 9.54. The third-order valence-electron chi connectivity index (χ3n) is 1.89. The van der Waals surface area contributed by atoms with Crippen LogP contribution in [-0.4, -0.2) is 31.7 Å². The summed E-state index contributed by atoms with van der Waals surface area (Å²) in [4.78, 5) is 0. The molecule has 1 fully saturated rings. The lowest BCUT2D eigenvalue weighted by Gasteiger charge is -2.28. The Kier molecular flexibility index (Phi) is 2.64. The monoisotopic (exact) mass is 178 g/mol. The Labute approximate surface area is 66.2 Å². The molecule has 0 aromatic heterocycles. The largest absolute Gasteiger partial charge is 0.424 e. The smallest absolute Gasteiger partial charge is 0.295 e. The standard InChI is InChI=1S/C5H14O3Si2/c1-4-5(2,3)7-10-8-9-6-4/h4H,9-10H2,1-3H3. The summed E-state index contributed by atoms with van der Waals surface area (Å²) in [5.41, 5.74) is -0.129. The first-order valence-corrected chi connectivity index (χ1v) is 5.77. The Morgan fingerprint density at radius 3 is 2.70 bits per heavy atom. The average Bonchev–Trinajstić information content (AvgIpc) is 1.96. The van der Waals surface area contributed by atoms with E-state index in [1.165, 1.54) is 0 Å². The van der Waals surface area contributed by atoms with Crippen molar-refractivity contribution < 1.29 is 13.0 Å². The van der Waals surface area contributed by atoms with E-state index in [0.29, 0.717) is 0 Å². The molecule has 60 valence electrons. The van der Waals surface area contributed by atoms with Crippen molar-refractivity contribution in [3.05, 3.63) is 0 Å². The fraction of sp³-hybridized carbons (Fsp3) is 1.00. The van der Waals surface area contributed by atoms with Crippen LogP contribution in [0.1, 0.15) is 20.8 Å². The Morgan fingerprint density at radius 1 is 1.30 bits per heavy atom. The average molecular weight is 178 g/mol. The third kappa shape index (κ3) is 1.90. The predicted octanol–water partition coefficient (Wildman–Crippen LogP) is -0.786. The van der Waals surface area contributed by atoms with Gasteiger partial charge in [0.2, 0.25) is 0 Å². The molecule has 1 atom stereocenters. The number of hydrogen-bond acceptors (Lipinski definition) is 3. The van der Waals surface area contributed by atoms with Crippen LogP contribution in [0, 0.1) is 0 Å². The predicted molar refractivity (Wildman–Crippen MR) is 43.9 cm³/mol. The summed E-state index contributed by atoms with van der Waals surface area (Å²) in [6, 6.07) is 0. The summed E-state index contributed by atoms with van der Waals surface area (Å²) in [5.74, 6) is 0. The van der Waals surface area contributed by atoms with Gasteiger partial charge in [-0.15, -0.1) is 0 Å². The summed E-state index contributed by atoms with van der Waals surface area (Å²) >= 11 is 0. The van der Waals surface area contributed by atoms with Crippen molar-refractivity contribution in [3.63, 3.8) is 0 Å². The minimum absolute atomic E-state index is 0.129. The molecule has 0 radical (unpaired) electrons. The van der Waals surface area contributed by atoms with E-state index in [4.69, 9.17) is 13.0 Å². The van der Waals surface area contributed by atoms with Crippen LogP contribution in [-0.2, 0) is 13.0 Å². The minimum atomic E-state index is -0.725. The second-order valence-electron chi connectivity index (χ2n) is 3.00. The summed E-state index contributed by atoms with van der Waals surface area (Å²) in [6.07, 6.45) is 0.189. The molecule has 1 aliphatic rings. The molecule has 1 unspecified atom stereocenters. The van der Waals surface area contributed by atoms with Gasteiger partial charge in [-0.3, -0.25) is 0 Å². The maximum atomic E-state index is 5.53. The van der Waals surface area contributed by atoms with Crippen molar-refractivity contribution in [2.75, 3.05) is 0 Å². The molecular formula is C5H14O3Si2. The topological polar surface area (TPSA) is 27.7 Å². The van der Waals surface area contributed by atoms with Crippen molar-refractivity contribution in [1.82, 2.24) is 0 Å². The van der Waals surface area contributed by atoms with Gasteiger partial charge < -0.3 is 13.0 Å². The molecule has 1 aliphatic heterocycles. The summed E-state index contributed by atoms with van der Waals surface area (Å²) in [6.45, 7) is 6.14. The van der Waals surface area contributed by atoms with Crippen molar-refractivity contribution in [2.45, 2.75) is 32.5 Å². The quantitative estimate of drug-likeness (QED) is 0.455. The van der Waals surface area contributed by atoms with Crippen LogP contribution >= 0.6 is 0 Å². The fourth-order valence-corrected chi connectivity index (χ4v) is 2.83. The van der Waals surface area contributed by atoms with Crippen LogP contribution in [0.2, 0.25) is 0 Å². The van der Waals surface area contributed by atoms with Crippen LogP contribution in [0.4, 0.5) is 0 Å². The van der Waals surface area contributed by atoms with Gasteiger partial charge in [-0.25, -0.2) is 0 Å². The Bertz CT molecular complexity index is 117. The van der Waals surface area contributed by atoms with E-state index in [9.17, 15) is 0 Å². The summed E-state index contributed by atoms with van der Waals surface area (Å²) in [5, 5.41) is 0. The van der Waals surface area contributed by atoms with Crippen LogP contribution in [0.25, 0.3) is 0 Å². The lowest BCUT2D eigenvalue weighted by Crippen LogP contribution is -2.37. The van der Waals surface area contributed by atoms with E-state index in [0.717, 1.165) is 0 Å². The van der Waals surface area contributed by atoms with Crippen LogP contribution in [0.15, 0.2) is 0 Å². The van der Waals surface area contributed by atoms with Crippen LogP contribution in [0.5, 0.6) is 0 Å². The first kappa shape index (κ1) is 8.41. The normalized spacial score (nSPS) is 38.1. The van der Waals surface area contributed by atoms with Gasteiger partial charge in [0.1, 0.15) is 0 Å². The van der Waals surface area contributed by atoms with Gasteiger partial charge in [0.05, 0.1) is 11.7 Å². The summed E-state index contributed by atoms with van der Waals surface area (Å²) in [7, 11) is -1.43. The molecule has 1 rings (SSSR count). The highest BCUT2D eigenvalue weighted by atomic mass is 28.3. The van der Waals surface area contributed by atoms with Crippen molar-refractivity contribution >= 4 is 20.0 Å². The highest BCUT2D eigenvalue weighted by molar-refractivity contribution is 6.34. The van der Waals surface area contributed by atoms with Gasteiger partial charge in [0.15, 0.2) is 0 Å². The Morgan fingerprint density at radius 2 is 2.00 bits per heavy atom. The van der Waals surface area contributed by atoms with Gasteiger partial charge in [-0.2, -0.15) is 0 Å². The highest BCUT2D eigenvalue weighted by Crippen LogP contribution is 2.18. The molecule has 0 spiro atoms. The molecule has 0 aliphatic carbocycles. The molecule has 1 saturated heterocycles. The van der Waals surface area contributed by atoms with Crippen LogP contribution < -0.4 is 0 Å². The molecule has 0 amide bonds. The maximum absolute atomic E-state index is 5.53. The first-order chi connectivity index (χ1) is 4.63.